The molecule has 0 aliphatic rings. The molecule has 1 aromatic carbocycles. The van der Waals surface area contributed by atoms with E-state index in [4.69, 9.17) is 0 Å². The Hall–Kier alpha value is -1.88. The molecule has 1 atom stereocenters. The second-order valence-electron chi connectivity index (χ2n) is 4.22. The molecular formula is C14H13F3N2. The number of hydrogen-bond acceptors (Lipinski definition) is 2. The van der Waals surface area contributed by atoms with Crippen molar-refractivity contribution in [1.82, 2.24) is 10.3 Å². The molecule has 1 aromatic heterocycles. The Morgan fingerprint density at radius 2 is 1.79 bits per heavy atom. The fourth-order valence-corrected chi connectivity index (χ4v) is 2.05. The van der Waals surface area contributed by atoms with E-state index in [9.17, 15) is 13.2 Å². The molecule has 0 fully saturated rings. The number of halogens is 3. The first kappa shape index (κ1) is 13.5. The molecule has 0 radical (unpaired) electrons. The number of rotatable bonds is 3. The molecule has 1 heterocycles. The maximum absolute atomic E-state index is 13.8. The van der Waals surface area contributed by atoms with Crippen molar-refractivity contribution in [3.8, 4) is 0 Å². The SMILES string of the molecule is CNC(c1ccncc1C)c1ccc(F)c(F)c1F. The number of benzene rings is 1. The minimum atomic E-state index is -1.45. The van der Waals surface area contributed by atoms with Crippen LogP contribution in [-0.4, -0.2) is 12.0 Å². The van der Waals surface area contributed by atoms with Gasteiger partial charge in [0.2, 0.25) is 0 Å². The van der Waals surface area contributed by atoms with Gasteiger partial charge in [0.15, 0.2) is 17.5 Å². The van der Waals surface area contributed by atoms with E-state index in [0.717, 1.165) is 17.2 Å². The lowest BCUT2D eigenvalue weighted by molar-refractivity contribution is 0.435. The Morgan fingerprint density at radius 1 is 1.05 bits per heavy atom. The number of aromatic nitrogens is 1. The minimum absolute atomic E-state index is 0.0655. The molecule has 0 saturated carbocycles. The van der Waals surface area contributed by atoms with Gasteiger partial charge < -0.3 is 5.32 Å². The van der Waals surface area contributed by atoms with E-state index in [1.54, 1.807) is 25.5 Å². The highest BCUT2D eigenvalue weighted by molar-refractivity contribution is 5.36. The highest BCUT2D eigenvalue weighted by atomic mass is 19.2. The molecule has 0 spiro atoms. The molecule has 2 nitrogen and oxygen atoms in total. The third-order valence-corrected chi connectivity index (χ3v) is 3.04. The summed E-state index contributed by atoms with van der Waals surface area (Å²) >= 11 is 0. The summed E-state index contributed by atoms with van der Waals surface area (Å²) in [6.45, 7) is 1.82. The summed E-state index contributed by atoms with van der Waals surface area (Å²) in [7, 11) is 1.63. The lowest BCUT2D eigenvalue weighted by atomic mass is 9.96. The van der Waals surface area contributed by atoms with E-state index in [1.165, 1.54) is 6.07 Å². The molecule has 0 aliphatic carbocycles. The average Bonchev–Trinajstić information content (AvgIpc) is 2.41. The monoisotopic (exact) mass is 266 g/mol. The summed E-state index contributed by atoms with van der Waals surface area (Å²) in [5, 5.41) is 2.91. The highest BCUT2D eigenvalue weighted by Gasteiger charge is 2.22. The molecule has 100 valence electrons. The average molecular weight is 266 g/mol. The highest BCUT2D eigenvalue weighted by Crippen LogP contribution is 2.28. The van der Waals surface area contributed by atoms with Gasteiger partial charge in [-0.2, -0.15) is 0 Å². The van der Waals surface area contributed by atoms with Crippen molar-refractivity contribution in [3.63, 3.8) is 0 Å². The van der Waals surface area contributed by atoms with Crippen molar-refractivity contribution < 1.29 is 13.2 Å². The van der Waals surface area contributed by atoms with Gasteiger partial charge in [-0.05, 0) is 37.2 Å². The van der Waals surface area contributed by atoms with E-state index in [-0.39, 0.29) is 5.56 Å². The minimum Gasteiger partial charge on any atom is -0.309 e. The molecule has 0 bridgehead atoms. The zero-order valence-corrected chi connectivity index (χ0v) is 10.5. The smallest absolute Gasteiger partial charge is 0.194 e. The molecule has 19 heavy (non-hydrogen) atoms. The van der Waals surface area contributed by atoms with Crippen LogP contribution in [-0.2, 0) is 0 Å². The van der Waals surface area contributed by atoms with Crippen LogP contribution in [0.4, 0.5) is 13.2 Å². The van der Waals surface area contributed by atoms with Crippen LogP contribution in [0.3, 0.4) is 0 Å². The summed E-state index contributed by atoms with van der Waals surface area (Å²) in [4.78, 5) is 3.95. The number of pyridine rings is 1. The number of nitrogens with one attached hydrogen (secondary N) is 1. The number of aryl methyl sites for hydroxylation is 1. The third-order valence-electron chi connectivity index (χ3n) is 3.04. The molecule has 0 saturated heterocycles. The van der Waals surface area contributed by atoms with E-state index in [2.05, 4.69) is 10.3 Å². The first-order valence-electron chi connectivity index (χ1n) is 5.77. The van der Waals surface area contributed by atoms with Gasteiger partial charge in [-0.15, -0.1) is 0 Å². The van der Waals surface area contributed by atoms with Crippen molar-refractivity contribution in [1.29, 1.82) is 0 Å². The largest absolute Gasteiger partial charge is 0.309 e. The van der Waals surface area contributed by atoms with E-state index in [1.807, 2.05) is 6.92 Å². The van der Waals surface area contributed by atoms with Crippen LogP contribution < -0.4 is 5.32 Å². The zero-order chi connectivity index (χ0) is 14.0. The molecule has 0 amide bonds. The van der Waals surface area contributed by atoms with Crippen molar-refractivity contribution in [2.75, 3.05) is 7.05 Å². The molecule has 2 rings (SSSR count). The lowest BCUT2D eigenvalue weighted by Gasteiger charge is -2.19. The predicted molar refractivity (Wildman–Crippen MR) is 66.2 cm³/mol. The van der Waals surface area contributed by atoms with Crippen LogP contribution in [0.25, 0.3) is 0 Å². The van der Waals surface area contributed by atoms with Crippen LogP contribution in [0.5, 0.6) is 0 Å². The van der Waals surface area contributed by atoms with Gasteiger partial charge in [-0.3, -0.25) is 4.98 Å². The Morgan fingerprint density at radius 3 is 2.42 bits per heavy atom. The van der Waals surface area contributed by atoms with Crippen molar-refractivity contribution in [3.05, 3.63) is 64.7 Å². The first-order valence-corrected chi connectivity index (χ1v) is 5.77. The van der Waals surface area contributed by atoms with Gasteiger partial charge in [0.05, 0.1) is 6.04 Å². The zero-order valence-electron chi connectivity index (χ0n) is 10.5. The normalized spacial score (nSPS) is 12.5. The number of nitrogens with zero attached hydrogens (tertiary/aromatic N) is 1. The second kappa shape index (κ2) is 5.40. The van der Waals surface area contributed by atoms with Crippen LogP contribution in [0.2, 0.25) is 0 Å². The topological polar surface area (TPSA) is 24.9 Å². The summed E-state index contributed by atoms with van der Waals surface area (Å²) in [5.41, 5.74) is 1.67. The Kier molecular flexibility index (Phi) is 3.85. The third kappa shape index (κ3) is 2.46. The molecular weight excluding hydrogens is 253 g/mol. The maximum atomic E-state index is 13.8. The Balaban J connectivity index is 2.55. The van der Waals surface area contributed by atoms with Gasteiger partial charge in [0.1, 0.15) is 0 Å². The molecule has 1 N–H and O–H groups in total. The summed E-state index contributed by atoms with van der Waals surface area (Å²) in [6, 6.07) is 3.33. The molecule has 1 unspecified atom stereocenters. The molecule has 5 heteroatoms. The van der Waals surface area contributed by atoms with E-state index < -0.39 is 23.5 Å². The van der Waals surface area contributed by atoms with Gasteiger partial charge in [0, 0.05) is 18.0 Å². The van der Waals surface area contributed by atoms with Crippen molar-refractivity contribution >= 4 is 0 Å². The summed E-state index contributed by atoms with van der Waals surface area (Å²) < 4.78 is 40.1. The van der Waals surface area contributed by atoms with E-state index >= 15 is 0 Å². The van der Waals surface area contributed by atoms with Gasteiger partial charge in [-0.25, -0.2) is 13.2 Å². The standard InChI is InChI=1S/C14H13F3N2/c1-8-7-19-6-5-9(8)14(18-2)10-3-4-11(15)13(17)12(10)16/h3-7,14,18H,1-2H3. The second-order valence-corrected chi connectivity index (χ2v) is 4.22. The van der Waals surface area contributed by atoms with Gasteiger partial charge >= 0.3 is 0 Å². The van der Waals surface area contributed by atoms with Crippen LogP contribution >= 0.6 is 0 Å². The fraction of sp³-hybridized carbons (Fsp3) is 0.214. The van der Waals surface area contributed by atoms with Crippen molar-refractivity contribution in [2.24, 2.45) is 0 Å². The number of hydrogen-bond donors (Lipinski definition) is 1. The van der Waals surface area contributed by atoms with Gasteiger partial charge in [-0.1, -0.05) is 6.07 Å². The summed E-state index contributed by atoms with van der Waals surface area (Å²) in [6.07, 6.45) is 3.21. The van der Waals surface area contributed by atoms with Crippen LogP contribution in [0.15, 0.2) is 30.6 Å². The Bertz CT molecular complexity index is 599. The fourth-order valence-electron chi connectivity index (χ4n) is 2.05. The maximum Gasteiger partial charge on any atom is 0.194 e. The van der Waals surface area contributed by atoms with E-state index in [0.29, 0.717) is 0 Å². The first-order chi connectivity index (χ1) is 9.06. The Labute approximate surface area is 109 Å². The summed E-state index contributed by atoms with van der Waals surface area (Å²) in [5.74, 6) is -3.82. The molecule has 0 aliphatic heterocycles. The predicted octanol–water partition coefficient (Wildman–Crippen LogP) is 3.12. The lowest BCUT2D eigenvalue weighted by Crippen LogP contribution is -2.20. The van der Waals surface area contributed by atoms with Gasteiger partial charge in [0.25, 0.3) is 0 Å². The van der Waals surface area contributed by atoms with Crippen LogP contribution in [0, 0.1) is 24.4 Å². The van der Waals surface area contributed by atoms with Crippen LogP contribution in [0.1, 0.15) is 22.7 Å². The quantitative estimate of drug-likeness (QED) is 0.863. The molecule has 2 aromatic rings. The van der Waals surface area contributed by atoms with Crippen molar-refractivity contribution in [2.45, 2.75) is 13.0 Å².